The third-order valence-corrected chi connectivity index (χ3v) is 7.42. The molecule has 4 nitrogen and oxygen atoms in total. The lowest BCUT2D eigenvalue weighted by atomic mass is 9.65. The number of fused-ring (bicyclic) bond motifs is 3. The monoisotopic (exact) mass is 347 g/mol. The van der Waals surface area contributed by atoms with Gasteiger partial charge in [-0.15, -0.1) is 11.3 Å². The third kappa shape index (κ3) is 3.39. The van der Waals surface area contributed by atoms with Crippen molar-refractivity contribution in [3.05, 3.63) is 21.9 Å². The van der Waals surface area contributed by atoms with Gasteiger partial charge in [-0.3, -0.25) is 9.69 Å². The number of nitrogens with two attached hydrogens (primary N) is 1. The molecule has 0 spiro atoms. The number of hydrogen-bond acceptors (Lipinski definition) is 4. The molecule has 2 saturated carbocycles. The van der Waals surface area contributed by atoms with E-state index in [1.165, 1.54) is 24.8 Å². The molecule has 132 valence electrons. The standard InChI is InChI=1S/C19H29N3OS/c20-18-13-2-1-3-14(18)11-16(10-13)19(23)21-6-8-22-7-4-17-15(12-22)5-9-24-17/h5,9,13-14,16,18H,1-4,6-8,10-12,20H2,(H,21,23). The first-order valence-corrected chi connectivity index (χ1v) is 10.4. The molecule has 0 aromatic carbocycles. The molecule has 2 atom stereocenters. The van der Waals surface area contributed by atoms with Crippen molar-refractivity contribution in [2.45, 2.75) is 51.1 Å². The zero-order valence-electron chi connectivity index (χ0n) is 14.4. The smallest absolute Gasteiger partial charge is 0.223 e. The van der Waals surface area contributed by atoms with Crippen LogP contribution in [0.3, 0.4) is 0 Å². The molecule has 24 heavy (non-hydrogen) atoms. The second-order valence-electron chi connectivity index (χ2n) is 7.88. The van der Waals surface area contributed by atoms with Crippen molar-refractivity contribution in [1.29, 1.82) is 0 Å². The minimum atomic E-state index is 0.199. The van der Waals surface area contributed by atoms with Crippen LogP contribution in [0.25, 0.3) is 0 Å². The van der Waals surface area contributed by atoms with E-state index in [0.29, 0.717) is 17.9 Å². The number of nitrogens with one attached hydrogen (secondary N) is 1. The first kappa shape index (κ1) is 16.6. The van der Waals surface area contributed by atoms with Crippen LogP contribution < -0.4 is 11.1 Å². The molecule has 2 aliphatic carbocycles. The fourth-order valence-corrected chi connectivity index (χ4v) is 5.87. The van der Waals surface area contributed by atoms with Gasteiger partial charge in [0.15, 0.2) is 0 Å². The third-order valence-electron chi connectivity index (χ3n) is 6.40. The van der Waals surface area contributed by atoms with Gasteiger partial charge in [0.25, 0.3) is 0 Å². The summed E-state index contributed by atoms with van der Waals surface area (Å²) in [4.78, 5) is 16.6. The lowest BCUT2D eigenvalue weighted by molar-refractivity contribution is -0.127. The van der Waals surface area contributed by atoms with Crippen LogP contribution in [0.4, 0.5) is 0 Å². The van der Waals surface area contributed by atoms with E-state index in [2.05, 4.69) is 21.7 Å². The fourth-order valence-electron chi connectivity index (χ4n) is 4.98. The van der Waals surface area contributed by atoms with Gasteiger partial charge in [-0.2, -0.15) is 0 Å². The predicted molar refractivity (Wildman–Crippen MR) is 97.8 cm³/mol. The summed E-state index contributed by atoms with van der Waals surface area (Å²) < 4.78 is 0. The summed E-state index contributed by atoms with van der Waals surface area (Å²) in [5.74, 6) is 1.62. The molecule has 0 radical (unpaired) electrons. The van der Waals surface area contributed by atoms with E-state index in [-0.39, 0.29) is 11.8 Å². The Morgan fingerprint density at radius 1 is 1.33 bits per heavy atom. The van der Waals surface area contributed by atoms with E-state index in [9.17, 15) is 4.79 Å². The number of carbonyl (C=O) groups excluding carboxylic acids is 1. The highest BCUT2D eigenvalue weighted by Gasteiger charge is 2.40. The Bertz CT molecular complexity index is 573. The van der Waals surface area contributed by atoms with Gasteiger partial charge in [0.1, 0.15) is 0 Å². The van der Waals surface area contributed by atoms with Crippen molar-refractivity contribution < 1.29 is 4.79 Å². The summed E-state index contributed by atoms with van der Waals surface area (Å²) in [6, 6.07) is 2.59. The van der Waals surface area contributed by atoms with E-state index >= 15 is 0 Å². The Labute approximate surface area is 148 Å². The normalized spacial score (nSPS) is 33.0. The Balaban J connectivity index is 1.23. The molecule has 1 aromatic rings. The van der Waals surface area contributed by atoms with Gasteiger partial charge in [0, 0.05) is 43.0 Å². The molecule has 5 heteroatoms. The van der Waals surface area contributed by atoms with Gasteiger partial charge in [0.05, 0.1) is 0 Å². The molecule has 3 N–H and O–H groups in total. The molecular weight excluding hydrogens is 318 g/mol. The van der Waals surface area contributed by atoms with Crippen molar-refractivity contribution >= 4 is 17.2 Å². The molecule has 0 saturated heterocycles. The number of thiophene rings is 1. The molecule has 4 rings (SSSR count). The maximum atomic E-state index is 12.6. The molecule has 2 bridgehead atoms. The minimum Gasteiger partial charge on any atom is -0.355 e. The zero-order chi connectivity index (χ0) is 16.5. The molecule has 1 aromatic heterocycles. The Kier molecular flexibility index (Phi) is 4.93. The molecule has 1 amide bonds. The second kappa shape index (κ2) is 7.14. The highest BCUT2D eigenvalue weighted by atomic mass is 32.1. The van der Waals surface area contributed by atoms with Crippen LogP contribution in [-0.2, 0) is 17.8 Å². The number of hydrogen-bond donors (Lipinski definition) is 2. The van der Waals surface area contributed by atoms with Gasteiger partial charge in [-0.05, 0) is 60.9 Å². The van der Waals surface area contributed by atoms with Crippen LogP contribution in [0.2, 0.25) is 0 Å². The van der Waals surface area contributed by atoms with Gasteiger partial charge in [-0.25, -0.2) is 0 Å². The topological polar surface area (TPSA) is 58.4 Å². The van der Waals surface area contributed by atoms with Gasteiger partial charge >= 0.3 is 0 Å². The SMILES string of the molecule is NC1C2CCCC1CC(C(=O)NCCN1CCc3sccc3C1)C2. The van der Waals surface area contributed by atoms with E-state index < -0.39 is 0 Å². The van der Waals surface area contributed by atoms with Crippen LogP contribution in [-0.4, -0.2) is 36.5 Å². The summed E-state index contributed by atoms with van der Waals surface area (Å²) in [6.45, 7) is 3.89. The Morgan fingerprint density at radius 2 is 2.12 bits per heavy atom. The average molecular weight is 348 g/mol. The van der Waals surface area contributed by atoms with Crippen molar-refractivity contribution in [3.63, 3.8) is 0 Å². The van der Waals surface area contributed by atoms with Crippen molar-refractivity contribution in [3.8, 4) is 0 Å². The van der Waals surface area contributed by atoms with E-state index in [1.54, 1.807) is 4.88 Å². The first-order valence-electron chi connectivity index (χ1n) is 9.51. The maximum Gasteiger partial charge on any atom is 0.223 e. The van der Waals surface area contributed by atoms with Crippen LogP contribution in [0, 0.1) is 17.8 Å². The Morgan fingerprint density at radius 3 is 2.92 bits per heavy atom. The highest BCUT2D eigenvalue weighted by Crippen LogP contribution is 2.41. The number of amides is 1. The average Bonchev–Trinajstić information content (AvgIpc) is 3.02. The quantitative estimate of drug-likeness (QED) is 0.879. The van der Waals surface area contributed by atoms with Gasteiger partial charge < -0.3 is 11.1 Å². The number of carbonyl (C=O) groups is 1. The highest BCUT2D eigenvalue weighted by molar-refractivity contribution is 7.10. The van der Waals surface area contributed by atoms with Gasteiger partial charge in [0.2, 0.25) is 5.91 Å². The van der Waals surface area contributed by atoms with Crippen molar-refractivity contribution in [1.82, 2.24) is 10.2 Å². The lowest BCUT2D eigenvalue weighted by Crippen LogP contribution is -2.49. The molecule has 2 heterocycles. The summed E-state index contributed by atoms with van der Waals surface area (Å²) in [5.41, 5.74) is 7.82. The largest absolute Gasteiger partial charge is 0.355 e. The van der Waals surface area contributed by atoms with E-state index in [4.69, 9.17) is 5.73 Å². The van der Waals surface area contributed by atoms with Gasteiger partial charge in [-0.1, -0.05) is 6.42 Å². The number of nitrogens with zero attached hydrogens (tertiary/aromatic N) is 1. The van der Waals surface area contributed by atoms with Crippen LogP contribution in [0.15, 0.2) is 11.4 Å². The van der Waals surface area contributed by atoms with E-state index in [0.717, 1.165) is 45.4 Å². The summed E-state index contributed by atoms with van der Waals surface area (Å²) in [7, 11) is 0. The van der Waals surface area contributed by atoms with Crippen LogP contribution in [0.1, 0.15) is 42.5 Å². The molecular formula is C19H29N3OS. The summed E-state index contributed by atoms with van der Waals surface area (Å²) in [6.07, 6.45) is 6.91. The first-order chi connectivity index (χ1) is 11.7. The zero-order valence-corrected chi connectivity index (χ0v) is 15.2. The molecule has 2 unspecified atom stereocenters. The summed E-state index contributed by atoms with van der Waals surface area (Å²) >= 11 is 1.88. The van der Waals surface area contributed by atoms with Crippen LogP contribution in [0.5, 0.6) is 0 Å². The van der Waals surface area contributed by atoms with Crippen molar-refractivity contribution in [2.24, 2.45) is 23.5 Å². The molecule has 3 aliphatic rings. The second-order valence-corrected chi connectivity index (χ2v) is 8.88. The van der Waals surface area contributed by atoms with Crippen LogP contribution >= 0.6 is 11.3 Å². The van der Waals surface area contributed by atoms with E-state index in [1.807, 2.05) is 11.3 Å². The van der Waals surface area contributed by atoms with Crippen molar-refractivity contribution in [2.75, 3.05) is 19.6 Å². The lowest BCUT2D eigenvalue weighted by Gasteiger charge is -2.43. The Hall–Kier alpha value is -0.910. The minimum absolute atomic E-state index is 0.199. The predicted octanol–water partition coefficient (Wildman–Crippen LogP) is 2.38. The molecule has 2 fully saturated rings. The number of rotatable bonds is 4. The summed E-state index contributed by atoms with van der Waals surface area (Å²) in [5, 5.41) is 5.40. The molecule has 1 aliphatic heterocycles. The maximum absolute atomic E-state index is 12.6. The fraction of sp³-hybridized carbons (Fsp3) is 0.737.